The Kier molecular flexibility index (Phi) is 10.5. The number of amides is 1. The van der Waals surface area contributed by atoms with Gasteiger partial charge in [-0.2, -0.15) is 0 Å². The van der Waals surface area contributed by atoms with Gasteiger partial charge in [0.1, 0.15) is 73.2 Å². The molecule has 37 heavy (non-hydrogen) atoms. The second-order valence-corrected chi connectivity index (χ2v) is 9.07. The Morgan fingerprint density at radius 1 is 0.649 bits per heavy atom. The first-order chi connectivity index (χ1) is 17.4. The van der Waals surface area contributed by atoms with Crippen LogP contribution in [0, 0.1) is 0 Å². The molecule has 0 aromatic rings. The number of carbonyl (C=O) groups excluding carboxylic acids is 1. The van der Waals surface area contributed by atoms with E-state index >= 15 is 0 Å². The first-order valence-electron chi connectivity index (χ1n) is 11.6. The SMILES string of the molecule is CC(=O)N[C@H]1[C@H](O[C@@H]2[C@@H](O)[C@H](CO)O[C@H](O)[C@H]2O)O[C@H](CO)[C@@H](O[C@@H]2O[C@H](CO)[C@H](O)[C@@H](O)[C@H]2O)[C@H]1O. The number of carbonyl (C=O) groups is 1. The van der Waals surface area contributed by atoms with Crippen LogP contribution in [0.1, 0.15) is 6.92 Å². The van der Waals surface area contributed by atoms with Crippen LogP contribution in [0.15, 0.2) is 0 Å². The number of hydrogen-bond acceptors (Lipinski definition) is 16. The van der Waals surface area contributed by atoms with Crippen LogP contribution in [-0.4, -0.2) is 169 Å². The normalized spacial score (nSPS) is 49.0. The zero-order chi connectivity index (χ0) is 27.6. The fourth-order valence-electron chi connectivity index (χ4n) is 4.46. The van der Waals surface area contributed by atoms with Gasteiger partial charge >= 0.3 is 0 Å². The summed E-state index contributed by atoms with van der Waals surface area (Å²) in [6.45, 7) is -1.23. The lowest BCUT2D eigenvalue weighted by Gasteiger charge is -2.49. The summed E-state index contributed by atoms with van der Waals surface area (Å²) in [5, 5.41) is 103. The van der Waals surface area contributed by atoms with Gasteiger partial charge in [-0.3, -0.25) is 4.79 Å². The molecular weight excluding hydrogens is 510 g/mol. The van der Waals surface area contributed by atoms with Crippen LogP contribution >= 0.6 is 0 Å². The van der Waals surface area contributed by atoms with E-state index < -0.39 is 118 Å². The summed E-state index contributed by atoms with van der Waals surface area (Å²) in [4.78, 5) is 11.9. The van der Waals surface area contributed by atoms with Gasteiger partial charge in [-0.15, -0.1) is 0 Å². The molecule has 3 aliphatic rings. The molecule has 0 bridgehead atoms. The summed E-state index contributed by atoms with van der Waals surface area (Å²) >= 11 is 0. The first-order valence-corrected chi connectivity index (χ1v) is 11.6. The van der Waals surface area contributed by atoms with Gasteiger partial charge in [-0.1, -0.05) is 0 Å². The average molecular weight is 545 g/mol. The number of nitrogens with one attached hydrogen (secondary N) is 1. The van der Waals surface area contributed by atoms with Crippen molar-refractivity contribution in [3.05, 3.63) is 0 Å². The van der Waals surface area contributed by atoms with Gasteiger partial charge in [-0.05, 0) is 0 Å². The molecule has 0 aromatic heterocycles. The van der Waals surface area contributed by atoms with Gasteiger partial charge in [0.15, 0.2) is 18.9 Å². The Morgan fingerprint density at radius 3 is 1.76 bits per heavy atom. The predicted molar refractivity (Wildman–Crippen MR) is 113 cm³/mol. The molecule has 0 radical (unpaired) electrons. The van der Waals surface area contributed by atoms with Gasteiger partial charge < -0.3 is 80.1 Å². The standard InChI is InChI=1S/C20H35NO16/c1-5(25)21-9-12(28)16(36-20-14(30)13(29)10(26)6(2-22)34-20)8(4-24)35-19(9)37-17-11(27)7(3-23)33-18(32)15(17)31/h6-20,22-24,26-32H,2-4H2,1H3,(H,21,25)/t6-,7+,8-,9-,10+,11+,12+,13-,14-,15+,16-,17-,18+,19+,20+/m1/s1. The highest BCUT2D eigenvalue weighted by molar-refractivity contribution is 5.73. The van der Waals surface area contributed by atoms with Crippen LogP contribution < -0.4 is 5.32 Å². The lowest BCUT2D eigenvalue weighted by atomic mass is 9.94. The van der Waals surface area contributed by atoms with Crippen LogP contribution in [-0.2, 0) is 28.5 Å². The van der Waals surface area contributed by atoms with Gasteiger partial charge in [0.25, 0.3) is 0 Å². The summed E-state index contributed by atoms with van der Waals surface area (Å²) in [7, 11) is 0. The van der Waals surface area contributed by atoms with Gasteiger partial charge in [0.2, 0.25) is 5.91 Å². The van der Waals surface area contributed by atoms with Crippen LogP contribution in [0.4, 0.5) is 0 Å². The van der Waals surface area contributed by atoms with Crippen LogP contribution in [0.3, 0.4) is 0 Å². The van der Waals surface area contributed by atoms with E-state index in [0.717, 1.165) is 6.92 Å². The highest BCUT2D eigenvalue weighted by atomic mass is 16.7. The number of rotatable bonds is 8. The molecule has 11 N–H and O–H groups in total. The highest BCUT2D eigenvalue weighted by Crippen LogP contribution is 2.32. The van der Waals surface area contributed by atoms with Gasteiger partial charge in [0, 0.05) is 6.92 Å². The Bertz CT molecular complexity index is 745. The number of hydrogen-bond donors (Lipinski definition) is 11. The zero-order valence-corrected chi connectivity index (χ0v) is 19.7. The third kappa shape index (κ3) is 6.38. The number of aliphatic hydroxyl groups is 10. The topological polar surface area (TPSA) is 278 Å². The maximum Gasteiger partial charge on any atom is 0.217 e. The summed E-state index contributed by atoms with van der Waals surface area (Å²) in [5.74, 6) is -0.684. The van der Waals surface area contributed by atoms with Crippen molar-refractivity contribution >= 4 is 5.91 Å². The third-order valence-electron chi connectivity index (χ3n) is 6.49. The lowest BCUT2D eigenvalue weighted by Crippen LogP contribution is -2.69. The van der Waals surface area contributed by atoms with Gasteiger partial charge in [0.05, 0.1) is 19.8 Å². The Morgan fingerprint density at radius 2 is 1.19 bits per heavy atom. The minimum atomic E-state index is -1.87. The molecule has 1 amide bonds. The fraction of sp³-hybridized carbons (Fsp3) is 0.950. The quantitative estimate of drug-likeness (QED) is 0.135. The minimum Gasteiger partial charge on any atom is -0.394 e. The summed E-state index contributed by atoms with van der Waals surface area (Å²) in [6.07, 6.45) is -23.2. The van der Waals surface area contributed by atoms with Crippen molar-refractivity contribution in [3.8, 4) is 0 Å². The van der Waals surface area contributed by atoms with E-state index in [9.17, 15) is 55.9 Å². The lowest BCUT2D eigenvalue weighted by molar-refractivity contribution is -0.365. The predicted octanol–water partition coefficient (Wildman–Crippen LogP) is -7.43. The molecular formula is C20H35NO16. The van der Waals surface area contributed by atoms with E-state index in [1.165, 1.54) is 0 Å². The monoisotopic (exact) mass is 545 g/mol. The molecule has 3 rings (SSSR count). The molecule has 0 aromatic carbocycles. The van der Waals surface area contributed by atoms with Crippen molar-refractivity contribution in [1.29, 1.82) is 0 Å². The van der Waals surface area contributed by atoms with Crippen molar-refractivity contribution in [3.63, 3.8) is 0 Å². The van der Waals surface area contributed by atoms with Crippen LogP contribution in [0.25, 0.3) is 0 Å². The number of aliphatic hydroxyl groups excluding tert-OH is 10. The molecule has 17 heteroatoms. The Hall–Kier alpha value is -1.13. The molecule has 0 unspecified atom stereocenters. The molecule has 3 saturated heterocycles. The van der Waals surface area contributed by atoms with Crippen LogP contribution in [0.5, 0.6) is 0 Å². The van der Waals surface area contributed by atoms with Gasteiger partial charge in [-0.25, -0.2) is 0 Å². The number of ether oxygens (including phenoxy) is 5. The molecule has 0 aliphatic carbocycles. The molecule has 3 fully saturated rings. The molecule has 3 aliphatic heterocycles. The highest BCUT2D eigenvalue weighted by Gasteiger charge is 2.53. The van der Waals surface area contributed by atoms with E-state index in [-0.39, 0.29) is 0 Å². The zero-order valence-electron chi connectivity index (χ0n) is 19.7. The maximum absolute atomic E-state index is 11.9. The van der Waals surface area contributed by atoms with Crippen molar-refractivity contribution in [2.75, 3.05) is 19.8 Å². The van der Waals surface area contributed by atoms with E-state index in [1.807, 2.05) is 0 Å². The molecule has 216 valence electrons. The maximum atomic E-state index is 11.9. The smallest absolute Gasteiger partial charge is 0.217 e. The average Bonchev–Trinajstić information content (AvgIpc) is 2.87. The first kappa shape index (κ1) is 30.4. The summed E-state index contributed by atoms with van der Waals surface area (Å²) < 4.78 is 27.0. The largest absolute Gasteiger partial charge is 0.394 e. The van der Waals surface area contributed by atoms with Crippen molar-refractivity contribution in [2.24, 2.45) is 0 Å². The summed E-state index contributed by atoms with van der Waals surface area (Å²) in [6, 6.07) is -1.48. The van der Waals surface area contributed by atoms with E-state index in [0.29, 0.717) is 0 Å². The third-order valence-corrected chi connectivity index (χ3v) is 6.49. The minimum absolute atomic E-state index is 0.684. The van der Waals surface area contributed by atoms with Crippen molar-refractivity contribution < 1.29 is 79.5 Å². The second kappa shape index (κ2) is 12.8. The van der Waals surface area contributed by atoms with Crippen molar-refractivity contribution in [1.82, 2.24) is 5.32 Å². The van der Waals surface area contributed by atoms with E-state index in [1.54, 1.807) is 0 Å². The van der Waals surface area contributed by atoms with Crippen molar-refractivity contribution in [2.45, 2.75) is 99.0 Å². The molecule has 17 nitrogen and oxygen atoms in total. The van der Waals surface area contributed by atoms with E-state index in [4.69, 9.17) is 23.7 Å². The molecule has 0 spiro atoms. The molecule has 0 saturated carbocycles. The Labute approximate surface area is 210 Å². The van der Waals surface area contributed by atoms with E-state index in [2.05, 4.69) is 5.32 Å². The second-order valence-electron chi connectivity index (χ2n) is 9.07. The summed E-state index contributed by atoms with van der Waals surface area (Å²) in [5.41, 5.74) is 0. The van der Waals surface area contributed by atoms with Crippen LogP contribution in [0.2, 0.25) is 0 Å². The molecule has 15 atom stereocenters. The fourth-order valence-corrected chi connectivity index (χ4v) is 4.46. The molecule has 3 heterocycles. The Balaban J connectivity index is 1.83.